The average Bonchev–Trinajstić information content (AvgIpc) is 2.71. The predicted molar refractivity (Wildman–Crippen MR) is 56.3 cm³/mol. The number of aromatic nitrogens is 2. The second-order valence-electron chi connectivity index (χ2n) is 2.61. The van der Waals surface area contributed by atoms with Gasteiger partial charge in [0.25, 0.3) is 0 Å². The Balaban J connectivity index is 2.35. The van der Waals surface area contributed by atoms with E-state index in [1.54, 1.807) is 11.3 Å². The quantitative estimate of drug-likeness (QED) is 0.716. The van der Waals surface area contributed by atoms with Crippen LogP contribution >= 0.6 is 22.9 Å². The van der Waals surface area contributed by atoms with Gasteiger partial charge in [-0.2, -0.15) is 0 Å². The number of hydrogen-bond donors (Lipinski definition) is 0. The lowest BCUT2D eigenvalue weighted by Gasteiger charge is -2.02. The molecular formula is C9H9ClN2S. The van der Waals surface area contributed by atoms with Crippen molar-refractivity contribution in [2.75, 3.05) is 5.88 Å². The fraction of sp³-hybridized carbons (Fsp3) is 0.222. The number of alkyl halides is 1. The summed E-state index contributed by atoms with van der Waals surface area (Å²) in [4.78, 5) is 5.48. The fourth-order valence-electron chi connectivity index (χ4n) is 1.21. The van der Waals surface area contributed by atoms with Crippen molar-refractivity contribution < 1.29 is 0 Å². The minimum atomic E-state index is 0.620. The predicted octanol–water partition coefficient (Wildman–Crippen LogP) is 2.85. The zero-order chi connectivity index (χ0) is 9.10. The van der Waals surface area contributed by atoms with E-state index in [1.807, 2.05) is 18.5 Å². The lowest BCUT2D eigenvalue weighted by atomic mass is 10.4. The molecule has 2 aromatic rings. The molecule has 0 fully saturated rings. The maximum absolute atomic E-state index is 5.68. The maximum atomic E-state index is 5.68. The molecule has 0 N–H and O–H groups in total. The van der Waals surface area contributed by atoms with Gasteiger partial charge in [0.2, 0.25) is 0 Å². The minimum Gasteiger partial charge on any atom is -0.329 e. The summed E-state index contributed by atoms with van der Waals surface area (Å²) in [6.45, 7) is 0.814. The molecule has 0 unspecified atom stereocenters. The van der Waals surface area contributed by atoms with Gasteiger partial charge < -0.3 is 4.57 Å². The Labute approximate surface area is 85.8 Å². The van der Waals surface area contributed by atoms with Gasteiger partial charge in [-0.15, -0.1) is 22.9 Å². The van der Waals surface area contributed by atoms with Gasteiger partial charge in [-0.3, -0.25) is 0 Å². The largest absolute Gasteiger partial charge is 0.329 e. The molecule has 68 valence electrons. The molecule has 0 spiro atoms. The van der Waals surface area contributed by atoms with E-state index >= 15 is 0 Å². The zero-order valence-electron chi connectivity index (χ0n) is 6.98. The summed E-state index contributed by atoms with van der Waals surface area (Å²) in [7, 11) is 0. The highest BCUT2D eigenvalue weighted by Crippen LogP contribution is 2.22. The summed E-state index contributed by atoms with van der Waals surface area (Å²) < 4.78 is 2.07. The van der Waals surface area contributed by atoms with Crippen LogP contribution in [0.2, 0.25) is 0 Å². The van der Waals surface area contributed by atoms with Crippen LogP contribution in [0.3, 0.4) is 0 Å². The van der Waals surface area contributed by atoms with Crippen LogP contribution in [0.5, 0.6) is 0 Å². The molecule has 0 bridgehead atoms. The van der Waals surface area contributed by atoms with Crippen LogP contribution < -0.4 is 0 Å². The molecule has 0 saturated heterocycles. The van der Waals surface area contributed by atoms with Gasteiger partial charge in [0, 0.05) is 24.8 Å². The highest BCUT2D eigenvalue weighted by molar-refractivity contribution is 7.13. The van der Waals surface area contributed by atoms with Gasteiger partial charge >= 0.3 is 0 Å². The molecule has 2 rings (SSSR count). The maximum Gasteiger partial charge on any atom is 0.150 e. The molecule has 0 atom stereocenters. The molecule has 0 radical (unpaired) electrons. The molecule has 2 nitrogen and oxygen atoms in total. The van der Waals surface area contributed by atoms with Crippen molar-refractivity contribution in [1.29, 1.82) is 0 Å². The first-order valence-electron chi connectivity index (χ1n) is 4.03. The van der Waals surface area contributed by atoms with E-state index < -0.39 is 0 Å². The van der Waals surface area contributed by atoms with Crippen molar-refractivity contribution in [1.82, 2.24) is 9.55 Å². The number of rotatable bonds is 3. The molecule has 4 heteroatoms. The van der Waals surface area contributed by atoms with Crippen molar-refractivity contribution >= 4 is 22.9 Å². The van der Waals surface area contributed by atoms with Crippen LogP contribution in [0.4, 0.5) is 0 Å². The van der Waals surface area contributed by atoms with E-state index in [1.165, 1.54) is 4.88 Å². The van der Waals surface area contributed by atoms with Crippen LogP contribution in [0.15, 0.2) is 29.9 Å². The second kappa shape index (κ2) is 3.94. The van der Waals surface area contributed by atoms with Crippen molar-refractivity contribution in [2.45, 2.75) is 6.54 Å². The summed E-state index contributed by atoms with van der Waals surface area (Å²) >= 11 is 7.38. The van der Waals surface area contributed by atoms with E-state index in [2.05, 4.69) is 21.0 Å². The van der Waals surface area contributed by atoms with Gasteiger partial charge in [-0.05, 0) is 11.4 Å². The zero-order valence-corrected chi connectivity index (χ0v) is 8.55. The summed E-state index contributed by atoms with van der Waals surface area (Å²) in [5.41, 5.74) is 0. The number of halogens is 1. The molecule has 0 aliphatic heterocycles. The number of hydrogen-bond acceptors (Lipinski definition) is 2. The van der Waals surface area contributed by atoms with Gasteiger partial charge in [0.15, 0.2) is 0 Å². The molecular weight excluding hydrogens is 204 g/mol. The standard InChI is InChI=1S/C9H9ClN2S/c10-3-5-12-6-4-11-9(12)8-2-1-7-13-8/h1-2,4,6-7H,3,5H2. The first-order chi connectivity index (χ1) is 6.42. The van der Waals surface area contributed by atoms with Gasteiger partial charge in [-0.25, -0.2) is 4.98 Å². The Morgan fingerprint density at radius 2 is 2.46 bits per heavy atom. The number of aryl methyl sites for hydroxylation is 1. The smallest absolute Gasteiger partial charge is 0.150 e. The lowest BCUT2D eigenvalue weighted by molar-refractivity contribution is 0.778. The lowest BCUT2D eigenvalue weighted by Crippen LogP contribution is -1.99. The van der Waals surface area contributed by atoms with Crippen molar-refractivity contribution in [3.63, 3.8) is 0 Å². The van der Waals surface area contributed by atoms with Crippen molar-refractivity contribution in [3.05, 3.63) is 29.9 Å². The first kappa shape index (κ1) is 8.78. The van der Waals surface area contributed by atoms with E-state index in [-0.39, 0.29) is 0 Å². The molecule has 0 aliphatic rings. The Hall–Kier alpha value is -0.800. The van der Waals surface area contributed by atoms with Crippen LogP contribution in [-0.2, 0) is 6.54 Å². The molecule has 0 aliphatic carbocycles. The third-order valence-corrected chi connectivity index (χ3v) is 2.82. The summed E-state index contributed by atoms with van der Waals surface area (Å²) in [5.74, 6) is 1.63. The molecule has 2 heterocycles. The average molecular weight is 213 g/mol. The Morgan fingerprint density at radius 1 is 1.54 bits per heavy atom. The van der Waals surface area contributed by atoms with Crippen LogP contribution in [-0.4, -0.2) is 15.4 Å². The monoisotopic (exact) mass is 212 g/mol. The Kier molecular flexibility index (Phi) is 2.66. The molecule has 0 saturated carbocycles. The summed E-state index contributed by atoms with van der Waals surface area (Å²) in [5, 5.41) is 2.05. The van der Waals surface area contributed by atoms with Crippen LogP contribution in [0, 0.1) is 0 Å². The number of imidazole rings is 1. The second-order valence-corrected chi connectivity index (χ2v) is 3.94. The molecule has 2 aromatic heterocycles. The molecule has 13 heavy (non-hydrogen) atoms. The van der Waals surface area contributed by atoms with Gasteiger partial charge in [-0.1, -0.05) is 6.07 Å². The topological polar surface area (TPSA) is 17.8 Å². The normalized spacial score (nSPS) is 10.5. The van der Waals surface area contributed by atoms with Crippen molar-refractivity contribution in [3.8, 4) is 10.7 Å². The number of thiophene rings is 1. The third kappa shape index (κ3) is 1.76. The fourth-order valence-corrected chi connectivity index (χ4v) is 2.13. The SMILES string of the molecule is ClCCn1ccnc1-c1cccs1. The molecule has 0 amide bonds. The summed E-state index contributed by atoms with van der Waals surface area (Å²) in [6.07, 6.45) is 3.76. The van der Waals surface area contributed by atoms with E-state index in [4.69, 9.17) is 11.6 Å². The number of nitrogens with zero attached hydrogens (tertiary/aromatic N) is 2. The van der Waals surface area contributed by atoms with Crippen molar-refractivity contribution in [2.24, 2.45) is 0 Å². The van der Waals surface area contributed by atoms with E-state index in [9.17, 15) is 0 Å². The van der Waals surface area contributed by atoms with Crippen LogP contribution in [0.25, 0.3) is 10.7 Å². The van der Waals surface area contributed by atoms with Gasteiger partial charge in [0.05, 0.1) is 4.88 Å². The highest BCUT2D eigenvalue weighted by atomic mass is 35.5. The van der Waals surface area contributed by atoms with E-state index in [0.29, 0.717) is 5.88 Å². The van der Waals surface area contributed by atoms with Gasteiger partial charge in [0.1, 0.15) is 5.82 Å². The van der Waals surface area contributed by atoms with Crippen LogP contribution in [0.1, 0.15) is 0 Å². The minimum absolute atomic E-state index is 0.620. The third-order valence-electron chi connectivity index (χ3n) is 1.78. The van der Waals surface area contributed by atoms with E-state index in [0.717, 1.165) is 12.4 Å². The molecule has 0 aromatic carbocycles. The Bertz CT molecular complexity index is 367. The first-order valence-corrected chi connectivity index (χ1v) is 5.44. The summed E-state index contributed by atoms with van der Waals surface area (Å²) in [6, 6.07) is 4.09. The Morgan fingerprint density at radius 3 is 3.15 bits per heavy atom. The highest BCUT2D eigenvalue weighted by Gasteiger charge is 2.05.